The van der Waals surface area contributed by atoms with Crippen LogP contribution in [0.3, 0.4) is 0 Å². The third-order valence-electron chi connectivity index (χ3n) is 4.97. The molecule has 1 aliphatic heterocycles. The van der Waals surface area contributed by atoms with Crippen LogP contribution in [-0.4, -0.2) is 18.0 Å². The van der Waals surface area contributed by atoms with Crippen molar-refractivity contribution in [3.63, 3.8) is 0 Å². The van der Waals surface area contributed by atoms with Crippen LogP contribution in [0.25, 0.3) is 0 Å². The summed E-state index contributed by atoms with van der Waals surface area (Å²) in [6, 6.07) is 4.92. The van der Waals surface area contributed by atoms with Crippen LogP contribution in [0.2, 0.25) is 10.0 Å². The lowest BCUT2D eigenvalue weighted by Gasteiger charge is -2.23. The Labute approximate surface area is 131 Å². The summed E-state index contributed by atoms with van der Waals surface area (Å²) in [6.45, 7) is 0. The molecule has 1 saturated heterocycles. The third-order valence-corrected chi connectivity index (χ3v) is 5.54. The molecule has 6 heteroatoms. The van der Waals surface area contributed by atoms with Crippen LogP contribution in [0.1, 0.15) is 12.8 Å². The minimum absolute atomic E-state index is 0.0336. The lowest BCUT2D eigenvalue weighted by molar-refractivity contribution is -0.145. The zero-order valence-electron chi connectivity index (χ0n) is 11.0. The first kappa shape index (κ1) is 13.4. The van der Waals surface area contributed by atoms with Gasteiger partial charge in [-0.1, -0.05) is 23.2 Å². The van der Waals surface area contributed by atoms with E-state index in [1.165, 1.54) is 0 Å². The van der Waals surface area contributed by atoms with Gasteiger partial charge in [0, 0.05) is 10.9 Å². The van der Waals surface area contributed by atoms with Gasteiger partial charge in [-0.15, -0.1) is 0 Å². The standard InChI is InChI=1S/C15H13Cl2NO3/c16-7-1-2-9(17)10(5-7)18-14(19)12-6-3-8-11(4-6)21-15(20)13(8)12/h1-2,5-6,8,11-13H,3-4H2,(H,18,19)/t6-,8+,11-,12-,13+/m1/s1. The lowest BCUT2D eigenvalue weighted by atomic mass is 9.79. The Morgan fingerprint density at radius 1 is 1.29 bits per heavy atom. The summed E-state index contributed by atoms with van der Waals surface area (Å²) in [5.74, 6) is -0.526. The van der Waals surface area contributed by atoms with Crippen LogP contribution in [0.4, 0.5) is 5.69 Å². The highest BCUT2D eigenvalue weighted by atomic mass is 35.5. The number of benzene rings is 1. The highest BCUT2D eigenvalue weighted by Crippen LogP contribution is 2.57. The van der Waals surface area contributed by atoms with Gasteiger partial charge < -0.3 is 10.1 Å². The number of esters is 1. The molecule has 1 aromatic rings. The first-order valence-electron chi connectivity index (χ1n) is 7.01. The number of hydrogen-bond acceptors (Lipinski definition) is 3. The predicted molar refractivity (Wildman–Crippen MR) is 78.2 cm³/mol. The van der Waals surface area contributed by atoms with Crippen molar-refractivity contribution in [3.8, 4) is 0 Å². The molecule has 2 bridgehead atoms. The largest absolute Gasteiger partial charge is 0.462 e. The number of ether oxygens (including phenoxy) is 1. The van der Waals surface area contributed by atoms with Gasteiger partial charge in [-0.3, -0.25) is 9.59 Å². The van der Waals surface area contributed by atoms with Gasteiger partial charge in [-0.2, -0.15) is 0 Å². The van der Waals surface area contributed by atoms with E-state index in [1.807, 2.05) is 0 Å². The molecular formula is C15H13Cl2NO3. The maximum Gasteiger partial charge on any atom is 0.310 e. The molecule has 0 unspecified atom stereocenters. The summed E-state index contributed by atoms with van der Waals surface area (Å²) in [4.78, 5) is 24.5. The topological polar surface area (TPSA) is 55.4 Å². The van der Waals surface area contributed by atoms with E-state index in [2.05, 4.69) is 5.32 Å². The molecule has 1 amide bonds. The van der Waals surface area contributed by atoms with Gasteiger partial charge >= 0.3 is 5.97 Å². The summed E-state index contributed by atoms with van der Waals surface area (Å²) < 4.78 is 5.35. The summed E-state index contributed by atoms with van der Waals surface area (Å²) >= 11 is 12.0. The normalized spacial score (nSPS) is 35.9. The molecule has 0 aromatic heterocycles. The molecule has 110 valence electrons. The van der Waals surface area contributed by atoms with E-state index in [-0.39, 0.29) is 41.7 Å². The molecule has 2 saturated carbocycles. The van der Waals surface area contributed by atoms with Gasteiger partial charge in [0.15, 0.2) is 0 Å². The second-order valence-corrected chi connectivity index (χ2v) is 6.88. The van der Waals surface area contributed by atoms with Crippen molar-refractivity contribution < 1.29 is 14.3 Å². The Bertz CT molecular complexity index is 646. The second kappa shape index (κ2) is 4.62. The zero-order valence-corrected chi connectivity index (χ0v) is 12.5. The summed E-state index contributed by atoms with van der Waals surface area (Å²) in [6.07, 6.45) is 1.74. The average molecular weight is 326 g/mol. The number of amides is 1. The number of fused-ring (bicyclic) bond motifs is 1. The van der Waals surface area contributed by atoms with E-state index in [1.54, 1.807) is 18.2 Å². The van der Waals surface area contributed by atoms with Crippen LogP contribution < -0.4 is 5.32 Å². The van der Waals surface area contributed by atoms with Crippen LogP contribution in [-0.2, 0) is 14.3 Å². The van der Waals surface area contributed by atoms with Crippen molar-refractivity contribution >= 4 is 40.8 Å². The molecule has 1 aromatic carbocycles. The van der Waals surface area contributed by atoms with Gasteiger partial charge in [0.2, 0.25) is 5.91 Å². The monoisotopic (exact) mass is 325 g/mol. The predicted octanol–water partition coefficient (Wildman–Crippen LogP) is 3.13. The number of anilines is 1. The Morgan fingerprint density at radius 3 is 2.90 bits per heavy atom. The van der Waals surface area contributed by atoms with Crippen LogP contribution in [0, 0.1) is 23.7 Å². The Morgan fingerprint density at radius 2 is 2.10 bits per heavy atom. The van der Waals surface area contributed by atoms with E-state index < -0.39 is 0 Å². The number of rotatable bonds is 2. The third kappa shape index (κ3) is 1.96. The Kier molecular flexibility index (Phi) is 2.95. The number of hydrogen-bond donors (Lipinski definition) is 1. The summed E-state index contributed by atoms with van der Waals surface area (Å²) in [5.41, 5.74) is 0.486. The van der Waals surface area contributed by atoms with Crippen molar-refractivity contribution in [2.75, 3.05) is 5.32 Å². The van der Waals surface area contributed by atoms with Crippen LogP contribution in [0.5, 0.6) is 0 Å². The van der Waals surface area contributed by atoms with Gasteiger partial charge in [0.05, 0.1) is 22.5 Å². The first-order chi connectivity index (χ1) is 10.0. The molecule has 2 aliphatic carbocycles. The Hall–Kier alpha value is -1.26. The average Bonchev–Trinajstić information content (AvgIpc) is 3.03. The Balaban J connectivity index is 1.58. The maximum atomic E-state index is 12.6. The number of halogens is 2. The fourth-order valence-electron chi connectivity index (χ4n) is 4.17. The van der Waals surface area contributed by atoms with Gasteiger partial charge in [-0.25, -0.2) is 0 Å². The molecule has 21 heavy (non-hydrogen) atoms. The smallest absolute Gasteiger partial charge is 0.310 e. The molecule has 1 heterocycles. The molecule has 3 fully saturated rings. The van der Waals surface area contributed by atoms with Gasteiger partial charge in [0.1, 0.15) is 6.10 Å². The highest BCUT2D eigenvalue weighted by molar-refractivity contribution is 6.35. The molecule has 0 spiro atoms. The minimum Gasteiger partial charge on any atom is -0.462 e. The van der Waals surface area contributed by atoms with Crippen molar-refractivity contribution in [2.24, 2.45) is 23.7 Å². The van der Waals surface area contributed by atoms with Gasteiger partial charge in [0.25, 0.3) is 0 Å². The van der Waals surface area contributed by atoms with E-state index in [4.69, 9.17) is 27.9 Å². The fourth-order valence-corrected chi connectivity index (χ4v) is 4.51. The summed E-state index contributed by atoms with van der Waals surface area (Å²) in [5, 5.41) is 3.75. The van der Waals surface area contributed by atoms with E-state index in [0.717, 1.165) is 12.8 Å². The number of carbonyl (C=O) groups excluding carboxylic acids is 2. The molecule has 4 nitrogen and oxygen atoms in total. The van der Waals surface area contributed by atoms with E-state index in [0.29, 0.717) is 15.7 Å². The quantitative estimate of drug-likeness (QED) is 0.850. The molecule has 0 radical (unpaired) electrons. The molecule has 1 N–H and O–H groups in total. The second-order valence-electron chi connectivity index (χ2n) is 6.04. The number of carbonyl (C=O) groups is 2. The minimum atomic E-state index is -0.309. The van der Waals surface area contributed by atoms with Crippen molar-refractivity contribution in [2.45, 2.75) is 18.9 Å². The molecular weight excluding hydrogens is 313 g/mol. The molecule has 3 aliphatic rings. The van der Waals surface area contributed by atoms with Crippen molar-refractivity contribution in [3.05, 3.63) is 28.2 Å². The van der Waals surface area contributed by atoms with E-state index >= 15 is 0 Å². The van der Waals surface area contributed by atoms with Crippen molar-refractivity contribution in [1.29, 1.82) is 0 Å². The van der Waals surface area contributed by atoms with Crippen LogP contribution in [0.15, 0.2) is 18.2 Å². The van der Waals surface area contributed by atoms with Gasteiger partial charge in [-0.05, 0) is 37.0 Å². The first-order valence-corrected chi connectivity index (χ1v) is 7.76. The fraction of sp³-hybridized carbons (Fsp3) is 0.467. The highest BCUT2D eigenvalue weighted by Gasteiger charge is 2.63. The van der Waals surface area contributed by atoms with E-state index in [9.17, 15) is 9.59 Å². The lowest BCUT2D eigenvalue weighted by Crippen LogP contribution is -2.35. The maximum absolute atomic E-state index is 12.6. The number of nitrogens with one attached hydrogen (secondary N) is 1. The van der Waals surface area contributed by atoms with Crippen LogP contribution >= 0.6 is 23.2 Å². The van der Waals surface area contributed by atoms with Crippen molar-refractivity contribution in [1.82, 2.24) is 0 Å². The zero-order chi connectivity index (χ0) is 14.7. The molecule has 5 atom stereocenters. The SMILES string of the molecule is O=C(Nc1cc(Cl)ccc1Cl)[C@@H]1[C@@H]2C[C@@H]3[C@@H]1C(=O)O[C@@H]3C2. The summed E-state index contributed by atoms with van der Waals surface area (Å²) in [7, 11) is 0. The molecule has 4 rings (SSSR count).